The number of hydrogen-bond acceptors (Lipinski definition) is 3. The van der Waals surface area contributed by atoms with Gasteiger partial charge in [0.25, 0.3) is 0 Å². The molecule has 0 amide bonds. The van der Waals surface area contributed by atoms with Crippen LogP contribution in [0.2, 0.25) is 5.02 Å². The standard InChI is InChI=1S/C11H12Cl2N4/c1-7-4-8(13)2-3-9(7)17-10(5-12)15-16-11(17)6-14/h2-4H,5-6,14H2,1H3. The minimum absolute atomic E-state index is 0.287. The first-order valence-corrected chi connectivity index (χ1v) is 6.04. The van der Waals surface area contributed by atoms with Gasteiger partial charge in [-0.15, -0.1) is 21.8 Å². The molecule has 4 nitrogen and oxygen atoms in total. The summed E-state index contributed by atoms with van der Waals surface area (Å²) < 4.78 is 1.87. The zero-order valence-electron chi connectivity index (χ0n) is 9.32. The number of aromatic nitrogens is 3. The van der Waals surface area contributed by atoms with Crippen molar-refractivity contribution >= 4 is 23.2 Å². The molecule has 0 bridgehead atoms. The van der Waals surface area contributed by atoms with Crippen LogP contribution < -0.4 is 5.73 Å². The Morgan fingerprint density at radius 1 is 1.29 bits per heavy atom. The van der Waals surface area contributed by atoms with Crippen molar-refractivity contribution in [2.75, 3.05) is 0 Å². The molecule has 1 aromatic heterocycles. The molecule has 0 aliphatic carbocycles. The quantitative estimate of drug-likeness (QED) is 0.872. The number of nitrogens with zero attached hydrogens (tertiary/aromatic N) is 3. The molecule has 6 heteroatoms. The van der Waals surface area contributed by atoms with Crippen molar-refractivity contribution < 1.29 is 0 Å². The Bertz CT molecular complexity index is 515. The highest BCUT2D eigenvalue weighted by molar-refractivity contribution is 6.30. The van der Waals surface area contributed by atoms with E-state index < -0.39 is 0 Å². The second-order valence-corrected chi connectivity index (χ2v) is 4.34. The Hall–Kier alpha value is -1.10. The molecule has 0 radical (unpaired) electrons. The lowest BCUT2D eigenvalue weighted by Gasteiger charge is -2.11. The van der Waals surface area contributed by atoms with Crippen molar-refractivity contribution in [2.24, 2.45) is 5.73 Å². The summed E-state index contributed by atoms with van der Waals surface area (Å²) in [4.78, 5) is 0. The average Bonchev–Trinajstić information content (AvgIpc) is 2.71. The molecule has 0 fully saturated rings. The summed E-state index contributed by atoms with van der Waals surface area (Å²) in [6.45, 7) is 2.28. The normalized spacial score (nSPS) is 10.8. The van der Waals surface area contributed by atoms with Gasteiger partial charge in [-0.1, -0.05) is 11.6 Å². The van der Waals surface area contributed by atoms with E-state index in [1.54, 1.807) is 0 Å². The van der Waals surface area contributed by atoms with Crippen molar-refractivity contribution in [3.63, 3.8) is 0 Å². The van der Waals surface area contributed by atoms with Crippen LogP contribution in [-0.4, -0.2) is 14.8 Å². The van der Waals surface area contributed by atoms with E-state index in [0.717, 1.165) is 11.3 Å². The largest absolute Gasteiger partial charge is 0.324 e. The minimum Gasteiger partial charge on any atom is -0.324 e. The van der Waals surface area contributed by atoms with Gasteiger partial charge in [0.1, 0.15) is 0 Å². The average molecular weight is 271 g/mol. The van der Waals surface area contributed by atoms with Crippen LogP contribution in [0.1, 0.15) is 17.2 Å². The molecular formula is C11H12Cl2N4. The van der Waals surface area contributed by atoms with Gasteiger partial charge in [-0.2, -0.15) is 0 Å². The molecule has 2 N–H and O–H groups in total. The third kappa shape index (κ3) is 2.29. The monoisotopic (exact) mass is 270 g/mol. The highest BCUT2D eigenvalue weighted by Gasteiger charge is 2.13. The molecule has 0 unspecified atom stereocenters. The van der Waals surface area contributed by atoms with E-state index >= 15 is 0 Å². The number of benzene rings is 1. The van der Waals surface area contributed by atoms with Gasteiger partial charge in [-0.25, -0.2) is 0 Å². The van der Waals surface area contributed by atoms with E-state index in [1.807, 2.05) is 29.7 Å². The lowest BCUT2D eigenvalue weighted by Crippen LogP contribution is -2.09. The van der Waals surface area contributed by atoms with Crippen LogP contribution in [0.5, 0.6) is 0 Å². The second-order valence-electron chi connectivity index (χ2n) is 3.64. The van der Waals surface area contributed by atoms with Crippen molar-refractivity contribution in [3.8, 4) is 5.69 Å². The first-order chi connectivity index (χ1) is 8.17. The number of hydrogen-bond donors (Lipinski definition) is 1. The summed E-state index contributed by atoms with van der Waals surface area (Å²) in [6.07, 6.45) is 0. The summed E-state index contributed by atoms with van der Waals surface area (Å²) in [5, 5.41) is 8.72. The van der Waals surface area contributed by atoms with Crippen LogP contribution in [0.3, 0.4) is 0 Å². The predicted molar refractivity (Wildman–Crippen MR) is 68.6 cm³/mol. The van der Waals surface area contributed by atoms with E-state index in [2.05, 4.69) is 10.2 Å². The van der Waals surface area contributed by atoms with Crippen LogP contribution in [0.25, 0.3) is 5.69 Å². The van der Waals surface area contributed by atoms with Crippen molar-refractivity contribution in [1.82, 2.24) is 14.8 Å². The third-order valence-electron chi connectivity index (χ3n) is 2.50. The number of rotatable bonds is 3. The minimum atomic E-state index is 0.287. The molecule has 1 heterocycles. The van der Waals surface area contributed by atoms with Gasteiger partial charge in [0.05, 0.1) is 18.1 Å². The number of aryl methyl sites for hydroxylation is 1. The fourth-order valence-corrected chi connectivity index (χ4v) is 2.12. The molecule has 0 spiro atoms. The molecule has 2 aromatic rings. The number of alkyl halides is 1. The van der Waals surface area contributed by atoms with Gasteiger partial charge >= 0.3 is 0 Å². The van der Waals surface area contributed by atoms with E-state index in [1.165, 1.54) is 0 Å². The maximum absolute atomic E-state index is 5.93. The van der Waals surface area contributed by atoms with Gasteiger partial charge in [-0.05, 0) is 30.7 Å². The SMILES string of the molecule is Cc1cc(Cl)ccc1-n1c(CN)nnc1CCl. The summed E-state index contributed by atoms with van der Waals surface area (Å²) in [7, 11) is 0. The fourth-order valence-electron chi connectivity index (χ4n) is 1.72. The smallest absolute Gasteiger partial charge is 0.152 e. The summed E-state index contributed by atoms with van der Waals surface area (Å²) in [6, 6.07) is 5.62. The van der Waals surface area contributed by atoms with E-state index in [9.17, 15) is 0 Å². The summed E-state index contributed by atoms with van der Waals surface area (Å²) in [5.74, 6) is 1.65. The Kier molecular flexibility index (Phi) is 3.66. The molecule has 0 saturated heterocycles. The maximum Gasteiger partial charge on any atom is 0.152 e. The molecule has 0 aliphatic rings. The van der Waals surface area contributed by atoms with Crippen LogP contribution in [0, 0.1) is 6.92 Å². The maximum atomic E-state index is 5.93. The topological polar surface area (TPSA) is 56.7 Å². The zero-order chi connectivity index (χ0) is 12.4. The first-order valence-electron chi connectivity index (χ1n) is 5.13. The van der Waals surface area contributed by atoms with Crippen LogP contribution in [-0.2, 0) is 12.4 Å². The van der Waals surface area contributed by atoms with Gasteiger partial charge in [0.2, 0.25) is 0 Å². The molecule has 1 aromatic carbocycles. The lowest BCUT2D eigenvalue weighted by molar-refractivity contribution is 0.843. The van der Waals surface area contributed by atoms with Gasteiger partial charge < -0.3 is 5.73 Å². The highest BCUT2D eigenvalue weighted by Crippen LogP contribution is 2.21. The molecule has 0 aliphatic heterocycles. The molecule has 90 valence electrons. The Morgan fingerprint density at radius 3 is 2.59 bits per heavy atom. The number of halogens is 2. The van der Waals surface area contributed by atoms with E-state index in [-0.39, 0.29) is 5.88 Å². The van der Waals surface area contributed by atoms with E-state index in [0.29, 0.717) is 23.2 Å². The molecule has 0 saturated carbocycles. The third-order valence-corrected chi connectivity index (χ3v) is 2.97. The second kappa shape index (κ2) is 5.04. The molecule has 17 heavy (non-hydrogen) atoms. The fraction of sp³-hybridized carbons (Fsp3) is 0.273. The molecule has 0 atom stereocenters. The van der Waals surface area contributed by atoms with Crippen molar-refractivity contribution in [3.05, 3.63) is 40.4 Å². The Morgan fingerprint density at radius 2 is 2.00 bits per heavy atom. The van der Waals surface area contributed by atoms with Crippen LogP contribution >= 0.6 is 23.2 Å². The lowest BCUT2D eigenvalue weighted by atomic mass is 10.2. The Labute approximate surface area is 109 Å². The van der Waals surface area contributed by atoms with Gasteiger partial charge in [-0.3, -0.25) is 4.57 Å². The van der Waals surface area contributed by atoms with Gasteiger partial charge in [0.15, 0.2) is 11.6 Å². The van der Waals surface area contributed by atoms with Crippen molar-refractivity contribution in [1.29, 1.82) is 0 Å². The van der Waals surface area contributed by atoms with Crippen molar-refractivity contribution in [2.45, 2.75) is 19.3 Å². The van der Waals surface area contributed by atoms with E-state index in [4.69, 9.17) is 28.9 Å². The van der Waals surface area contributed by atoms with Gasteiger partial charge in [0, 0.05) is 5.02 Å². The van der Waals surface area contributed by atoms with Crippen LogP contribution in [0.4, 0.5) is 0 Å². The first kappa shape index (κ1) is 12.4. The highest BCUT2D eigenvalue weighted by atomic mass is 35.5. The zero-order valence-corrected chi connectivity index (χ0v) is 10.8. The Balaban J connectivity index is 2.62. The molecule has 2 rings (SSSR count). The predicted octanol–water partition coefficient (Wildman–Crippen LogP) is 2.43. The molecular weight excluding hydrogens is 259 g/mol. The summed E-state index contributed by atoms with van der Waals surface area (Å²) in [5.41, 5.74) is 7.62. The van der Waals surface area contributed by atoms with Crippen LogP contribution in [0.15, 0.2) is 18.2 Å². The summed E-state index contributed by atoms with van der Waals surface area (Å²) >= 11 is 11.8. The number of nitrogens with two attached hydrogens (primary N) is 1.